The van der Waals surface area contributed by atoms with Gasteiger partial charge in [-0.2, -0.15) is 10.4 Å². The van der Waals surface area contributed by atoms with Gasteiger partial charge in [-0.15, -0.1) is 0 Å². The Kier molecular flexibility index (Phi) is 6.15. The predicted octanol–water partition coefficient (Wildman–Crippen LogP) is 1.56. The zero-order valence-corrected chi connectivity index (χ0v) is 21.8. The molecule has 0 saturated heterocycles. The van der Waals surface area contributed by atoms with Crippen molar-refractivity contribution in [1.29, 1.82) is 5.26 Å². The second-order valence-corrected chi connectivity index (χ2v) is 13.7. The zero-order chi connectivity index (χ0) is 26.6. The highest BCUT2D eigenvalue weighted by molar-refractivity contribution is 7.94. The second-order valence-electron chi connectivity index (χ2n) is 11.0. The summed E-state index contributed by atoms with van der Waals surface area (Å²) in [7, 11) is -3.28. The average Bonchev–Trinajstić information content (AvgIpc) is 3.77. The number of aromatic nitrogens is 2. The van der Waals surface area contributed by atoms with Gasteiger partial charge in [0.1, 0.15) is 5.69 Å². The van der Waals surface area contributed by atoms with E-state index in [4.69, 9.17) is 5.26 Å². The van der Waals surface area contributed by atoms with Crippen LogP contribution < -0.4 is 5.32 Å². The fourth-order valence-electron chi connectivity index (χ4n) is 5.00. The van der Waals surface area contributed by atoms with Gasteiger partial charge < -0.3 is 15.3 Å². The van der Waals surface area contributed by atoms with Gasteiger partial charge in [-0.25, -0.2) is 8.42 Å². The molecule has 10 nitrogen and oxygen atoms in total. The normalized spacial score (nSPS) is 18.8. The van der Waals surface area contributed by atoms with Crippen LogP contribution in [0, 0.1) is 11.3 Å². The van der Waals surface area contributed by atoms with Gasteiger partial charge in [0.2, 0.25) is 0 Å². The van der Waals surface area contributed by atoms with E-state index in [1.54, 1.807) is 43.0 Å². The van der Waals surface area contributed by atoms with E-state index in [0.29, 0.717) is 49.8 Å². The van der Waals surface area contributed by atoms with Gasteiger partial charge in [0.05, 0.1) is 33.8 Å². The van der Waals surface area contributed by atoms with Crippen molar-refractivity contribution >= 4 is 21.7 Å². The molecule has 11 heteroatoms. The van der Waals surface area contributed by atoms with E-state index in [1.165, 1.54) is 4.68 Å². The van der Waals surface area contributed by atoms with Crippen LogP contribution in [0.25, 0.3) is 0 Å². The molecule has 1 aromatic carbocycles. The maximum atomic E-state index is 13.6. The number of hydrogen-bond donors (Lipinski definition) is 2. The third-order valence-corrected chi connectivity index (χ3v) is 10.4. The van der Waals surface area contributed by atoms with Crippen LogP contribution in [0.3, 0.4) is 0 Å². The van der Waals surface area contributed by atoms with Crippen molar-refractivity contribution in [1.82, 2.24) is 20.0 Å². The number of sulfone groups is 1. The molecule has 3 aliphatic rings. The van der Waals surface area contributed by atoms with E-state index in [0.717, 1.165) is 5.56 Å². The number of nitrogens with one attached hydrogen (secondary N) is 1. The summed E-state index contributed by atoms with van der Waals surface area (Å²) in [6.45, 7) is 3.87. The van der Waals surface area contributed by atoms with Crippen LogP contribution in [0.5, 0.6) is 0 Å². The zero-order valence-electron chi connectivity index (χ0n) is 21.0. The standard InChI is InChI=1S/C26H31N5O5S/c1-25(2,34)15-31-22-20(21(29-31)23(32)28-14-18-5-3-17(13-27)4-6-18)9-12-30(24(22)33)16-26(10-11-26)37(35,36)19-7-8-19/h3-6,19,34H,7-12,14-16H2,1-2H3,(H,28,32). The van der Waals surface area contributed by atoms with E-state index in [2.05, 4.69) is 16.5 Å². The summed E-state index contributed by atoms with van der Waals surface area (Å²) in [6.07, 6.45) is 2.89. The number of nitriles is 1. The van der Waals surface area contributed by atoms with E-state index in [1.807, 2.05) is 0 Å². The number of rotatable bonds is 9. The minimum absolute atomic E-state index is 0.00330. The molecular weight excluding hydrogens is 494 g/mol. The summed E-state index contributed by atoms with van der Waals surface area (Å²) in [5, 5.41) is 26.4. The molecule has 0 atom stereocenters. The minimum atomic E-state index is -3.28. The van der Waals surface area contributed by atoms with Crippen molar-refractivity contribution in [3.8, 4) is 6.07 Å². The van der Waals surface area contributed by atoms with E-state index in [-0.39, 0.29) is 42.2 Å². The molecule has 2 N–H and O–H groups in total. The maximum absolute atomic E-state index is 13.6. The summed E-state index contributed by atoms with van der Waals surface area (Å²) in [5.41, 5.74) is 1.02. The minimum Gasteiger partial charge on any atom is -0.389 e. The summed E-state index contributed by atoms with van der Waals surface area (Å²) in [4.78, 5) is 28.4. The monoisotopic (exact) mass is 525 g/mol. The Morgan fingerprint density at radius 1 is 1.27 bits per heavy atom. The van der Waals surface area contributed by atoms with Gasteiger partial charge in [0.25, 0.3) is 11.8 Å². The van der Waals surface area contributed by atoms with Gasteiger partial charge in [0.15, 0.2) is 15.5 Å². The lowest BCUT2D eigenvalue weighted by Gasteiger charge is -2.31. The number of benzene rings is 1. The molecule has 37 heavy (non-hydrogen) atoms. The van der Waals surface area contributed by atoms with Crippen LogP contribution in [-0.4, -0.2) is 68.7 Å². The summed E-state index contributed by atoms with van der Waals surface area (Å²) in [5.74, 6) is -0.798. The molecule has 2 amide bonds. The molecular formula is C26H31N5O5S. The first-order valence-electron chi connectivity index (χ1n) is 12.6. The summed E-state index contributed by atoms with van der Waals surface area (Å²) >= 11 is 0. The largest absolute Gasteiger partial charge is 0.389 e. The number of hydrogen-bond acceptors (Lipinski definition) is 7. The Morgan fingerprint density at radius 3 is 2.51 bits per heavy atom. The third kappa shape index (κ3) is 4.88. The Balaban J connectivity index is 1.39. The molecule has 0 radical (unpaired) electrons. The van der Waals surface area contributed by atoms with Crippen LogP contribution in [0.1, 0.15) is 77.2 Å². The Bertz CT molecular complexity index is 1390. The Morgan fingerprint density at radius 2 is 1.95 bits per heavy atom. The van der Waals surface area contributed by atoms with Crippen molar-refractivity contribution in [2.24, 2.45) is 0 Å². The highest BCUT2D eigenvalue weighted by Crippen LogP contribution is 2.51. The lowest BCUT2D eigenvalue weighted by atomic mass is 10.0. The van der Waals surface area contributed by atoms with Gasteiger partial charge in [-0.3, -0.25) is 14.3 Å². The predicted molar refractivity (Wildman–Crippen MR) is 134 cm³/mol. The van der Waals surface area contributed by atoms with Crippen molar-refractivity contribution in [2.75, 3.05) is 13.1 Å². The number of carbonyl (C=O) groups is 2. The smallest absolute Gasteiger partial charge is 0.272 e. The first kappa shape index (κ1) is 25.4. The van der Waals surface area contributed by atoms with Gasteiger partial charge >= 0.3 is 0 Å². The average molecular weight is 526 g/mol. The van der Waals surface area contributed by atoms with E-state index >= 15 is 0 Å². The van der Waals surface area contributed by atoms with Crippen molar-refractivity contribution in [3.05, 3.63) is 52.3 Å². The lowest BCUT2D eigenvalue weighted by Crippen LogP contribution is -2.47. The molecule has 1 aromatic heterocycles. The lowest BCUT2D eigenvalue weighted by molar-refractivity contribution is 0.0535. The van der Waals surface area contributed by atoms with Gasteiger partial charge in [-0.1, -0.05) is 12.1 Å². The maximum Gasteiger partial charge on any atom is 0.272 e. The van der Waals surface area contributed by atoms with Crippen molar-refractivity contribution in [2.45, 2.75) is 74.6 Å². The number of amides is 2. The highest BCUT2D eigenvalue weighted by Gasteiger charge is 2.60. The first-order chi connectivity index (χ1) is 17.4. The molecule has 2 aliphatic carbocycles. The van der Waals surface area contributed by atoms with Crippen LogP contribution in [-0.2, 0) is 29.3 Å². The van der Waals surface area contributed by atoms with Gasteiger partial charge in [-0.05, 0) is 63.6 Å². The molecule has 2 saturated carbocycles. The molecule has 2 aromatic rings. The quantitative estimate of drug-likeness (QED) is 0.505. The number of carbonyl (C=O) groups excluding carboxylic acids is 2. The molecule has 2 fully saturated rings. The number of nitrogens with zero attached hydrogens (tertiary/aromatic N) is 4. The number of fused-ring (bicyclic) bond motifs is 1. The Labute approximate surface area is 216 Å². The van der Waals surface area contributed by atoms with Crippen molar-refractivity contribution < 1.29 is 23.1 Å². The van der Waals surface area contributed by atoms with Crippen LogP contribution in [0.15, 0.2) is 24.3 Å². The fraction of sp³-hybridized carbons (Fsp3) is 0.538. The van der Waals surface area contributed by atoms with Crippen LogP contribution in [0.2, 0.25) is 0 Å². The molecule has 5 rings (SSSR count). The SMILES string of the molecule is CC(C)(O)Cn1nc(C(=O)NCc2ccc(C#N)cc2)c2c1C(=O)N(CC1(S(=O)(=O)C3CC3)CC1)CC2. The summed E-state index contributed by atoms with van der Waals surface area (Å²) in [6, 6.07) is 8.91. The fourth-order valence-corrected chi connectivity index (χ4v) is 7.47. The Hall–Kier alpha value is -3.23. The van der Waals surface area contributed by atoms with E-state index in [9.17, 15) is 23.1 Å². The molecule has 2 heterocycles. The molecule has 0 spiro atoms. The van der Waals surface area contributed by atoms with Crippen molar-refractivity contribution in [3.63, 3.8) is 0 Å². The molecule has 196 valence electrons. The van der Waals surface area contributed by atoms with Crippen LogP contribution >= 0.6 is 0 Å². The number of aliphatic hydroxyl groups is 1. The molecule has 0 bridgehead atoms. The molecule has 0 unspecified atom stereocenters. The first-order valence-corrected chi connectivity index (χ1v) is 14.1. The molecule has 1 aliphatic heterocycles. The third-order valence-electron chi connectivity index (χ3n) is 7.31. The summed E-state index contributed by atoms with van der Waals surface area (Å²) < 4.78 is 26.6. The highest BCUT2D eigenvalue weighted by atomic mass is 32.2. The van der Waals surface area contributed by atoms with E-state index < -0.39 is 26.1 Å². The van der Waals surface area contributed by atoms with Crippen LogP contribution in [0.4, 0.5) is 0 Å². The second kappa shape index (κ2) is 8.96. The van der Waals surface area contributed by atoms with Gasteiger partial charge in [0, 0.05) is 25.2 Å². The topological polar surface area (TPSA) is 145 Å².